The smallest absolute Gasteiger partial charge is 0.0306 e. The molecule has 3 N–H and O–H groups in total. The first-order valence-corrected chi connectivity index (χ1v) is 19.0. The Morgan fingerprint density at radius 1 is 0.641 bits per heavy atom. The predicted octanol–water partition coefficient (Wildman–Crippen LogP) is 7.07. The summed E-state index contributed by atoms with van der Waals surface area (Å²) in [6.07, 6.45) is 10.1. The topological polar surface area (TPSA) is 39.3 Å². The van der Waals surface area contributed by atoms with E-state index in [9.17, 15) is 0 Å². The zero-order chi connectivity index (χ0) is 28.2. The number of nitrogens with zero attached hydrogens (tertiary/aromatic N) is 1. The molecule has 0 saturated carbocycles. The average Bonchev–Trinajstić information content (AvgIpc) is 3.55. The Bertz CT molecular complexity index is 941. The predicted molar refractivity (Wildman–Crippen MR) is 171 cm³/mol. The molecule has 0 radical (unpaired) electrons. The lowest BCUT2D eigenvalue weighted by Crippen LogP contribution is -2.46. The van der Waals surface area contributed by atoms with Crippen LogP contribution >= 0.6 is 8.07 Å². The lowest BCUT2D eigenvalue weighted by Gasteiger charge is -2.38. The summed E-state index contributed by atoms with van der Waals surface area (Å²) in [5.74, 6) is 3.12. The maximum absolute atomic E-state index is 4.31. The van der Waals surface area contributed by atoms with Gasteiger partial charge in [0.25, 0.3) is 0 Å². The van der Waals surface area contributed by atoms with Gasteiger partial charge in [0, 0.05) is 48.3 Å². The van der Waals surface area contributed by atoms with Crippen molar-refractivity contribution in [1.29, 1.82) is 0 Å². The molecular formula is C34H61N4P. The van der Waals surface area contributed by atoms with Gasteiger partial charge >= 0.3 is 0 Å². The minimum absolute atomic E-state index is 0.133. The van der Waals surface area contributed by atoms with Crippen LogP contribution in [0, 0.1) is 23.7 Å². The van der Waals surface area contributed by atoms with Crippen LogP contribution in [0.15, 0.2) is 22.3 Å². The van der Waals surface area contributed by atoms with Crippen LogP contribution in [0.5, 0.6) is 0 Å². The van der Waals surface area contributed by atoms with E-state index < -0.39 is 0 Å². The Kier molecular flexibility index (Phi) is 9.42. The van der Waals surface area contributed by atoms with Crippen molar-refractivity contribution < 1.29 is 0 Å². The van der Waals surface area contributed by atoms with Crippen molar-refractivity contribution in [2.75, 3.05) is 13.3 Å². The summed E-state index contributed by atoms with van der Waals surface area (Å²) < 4.78 is 3.08. The third kappa shape index (κ3) is 5.26. The van der Waals surface area contributed by atoms with E-state index in [0.717, 1.165) is 29.7 Å². The summed E-state index contributed by atoms with van der Waals surface area (Å²) in [5, 5.41) is 12.8. The van der Waals surface area contributed by atoms with Gasteiger partial charge in [-0.3, -0.25) is 4.67 Å². The minimum Gasteiger partial charge on any atom is -0.311 e. The zero-order valence-corrected chi connectivity index (χ0v) is 27.9. The van der Waals surface area contributed by atoms with Crippen LogP contribution in [-0.2, 0) is 0 Å². The second-order valence-electron chi connectivity index (χ2n) is 14.2. The minimum atomic E-state index is -0.133. The molecule has 0 aromatic heterocycles. The molecule has 222 valence electrons. The van der Waals surface area contributed by atoms with Crippen molar-refractivity contribution in [3.8, 4) is 0 Å². The molecule has 3 fully saturated rings. The largest absolute Gasteiger partial charge is 0.311 e. The van der Waals surface area contributed by atoms with Gasteiger partial charge in [0.15, 0.2) is 0 Å². The van der Waals surface area contributed by atoms with Crippen molar-refractivity contribution >= 4 is 8.07 Å². The van der Waals surface area contributed by atoms with Crippen LogP contribution in [0.4, 0.5) is 0 Å². The maximum atomic E-state index is 4.31. The highest BCUT2D eigenvalue weighted by molar-refractivity contribution is 7.53. The molecule has 5 aliphatic heterocycles. The van der Waals surface area contributed by atoms with Gasteiger partial charge in [-0.25, -0.2) is 0 Å². The molecule has 5 rings (SSSR count). The van der Waals surface area contributed by atoms with Gasteiger partial charge < -0.3 is 16.0 Å². The SMILES string of the molecule is CCC1=C(C)C2CC3NC(CC4C(CC)C(C)C(CC5NC(CC1N2)C(CC)=C5C)N4P(C)C)C(CC)C3C. The van der Waals surface area contributed by atoms with Crippen molar-refractivity contribution in [3.63, 3.8) is 0 Å². The molecule has 5 heterocycles. The molecule has 0 aromatic carbocycles. The monoisotopic (exact) mass is 556 g/mol. The summed E-state index contributed by atoms with van der Waals surface area (Å²) in [4.78, 5) is 0. The highest BCUT2D eigenvalue weighted by atomic mass is 31.1. The van der Waals surface area contributed by atoms with Crippen molar-refractivity contribution in [2.24, 2.45) is 23.7 Å². The van der Waals surface area contributed by atoms with Crippen LogP contribution in [0.25, 0.3) is 0 Å². The summed E-state index contributed by atoms with van der Waals surface area (Å²) in [6, 6.07) is 4.77. The van der Waals surface area contributed by atoms with Crippen molar-refractivity contribution in [2.45, 2.75) is 155 Å². The average molecular weight is 557 g/mol. The molecule has 0 aliphatic carbocycles. The zero-order valence-electron chi connectivity index (χ0n) is 27.0. The number of hydrogen-bond donors (Lipinski definition) is 3. The summed E-state index contributed by atoms with van der Waals surface area (Å²) >= 11 is 0. The van der Waals surface area contributed by atoms with Crippen LogP contribution < -0.4 is 16.0 Å². The quantitative estimate of drug-likeness (QED) is 0.250. The standard InChI is InChI=1S/C34H61N4P/c1-11-23-19(5)27-15-28-20(6)25(13-3)32(36-28)18-34-26(14-4)22(8)33(38(34)39(9)10)17-29-21(7)24(12-2)31(37-29)16-30(23)35-27/h20,22,25-37H,11-18H2,1-10H3. The molecule has 12 unspecified atom stereocenters. The first kappa shape index (κ1) is 30.2. The van der Waals surface area contributed by atoms with Crippen LogP contribution in [0.2, 0.25) is 0 Å². The molecular weight excluding hydrogens is 495 g/mol. The van der Waals surface area contributed by atoms with Crippen molar-refractivity contribution in [3.05, 3.63) is 22.3 Å². The Hall–Kier alpha value is -0.250. The van der Waals surface area contributed by atoms with E-state index in [1.807, 2.05) is 0 Å². The van der Waals surface area contributed by atoms with Crippen LogP contribution in [-0.4, -0.2) is 66.3 Å². The maximum Gasteiger partial charge on any atom is 0.0306 e. The number of hydrogen-bond acceptors (Lipinski definition) is 4. The Morgan fingerprint density at radius 3 is 1.72 bits per heavy atom. The lowest BCUT2D eigenvalue weighted by molar-refractivity contribution is 0.239. The van der Waals surface area contributed by atoms with E-state index in [2.05, 4.69) is 89.3 Å². The Balaban J connectivity index is 1.55. The second kappa shape index (κ2) is 12.2. The van der Waals surface area contributed by atoms with E-state index in [4.69, 9.17) is 0 Å². The fourth-order valence-electron chi connectivity index (χ4n) is 10.4. The molecule has 0 aromatic rings. The van der Waals surface area contributed by atoms with E-state index in [-0.39, 0.29) is 8.07 Å². The fraction of sp³-hybridized carbons (Fsp3) is 0.882. The molecule has 0 spiro atoms. The number of nitrogens with one attached hydrogen (secondary N) is 3. The summed E-state index contributed by atoms with van der Waals surface area (Å²) in [7, 11) is -0.133. The lowest BCUT2D eigenvalue weighted by atomic mass is 9.79. The third-order valence-electron chi connectivity index (χ3n) is 12.5. The Labute approximate surface area is 242 Å². The van der Waals surface area contributed by atoms with Gasteiger partial charge in [0.05, 0.1) is 0 Å². The Morgan fingerprint density at radius 2 is 1.21 bits per heavy atom. The van der Waals surface area contributed by atoms with Crippen LogP contribution in [0.3, 0.4) is 0 Å². The second-order valence-corrected chi connectivity index (χ2v) is 16.4. The van der Waals surface area contributed by atoms with Crippen molar-refractivity contribution in [1.82, 2.24) is 20.6 Å². The molecule has 39 heavy (non-hydrogen) atoms. The highest BCUT2D eigenvalue weighted by Crippen LogP contribution is 2.53. The molecule has 0 amide bonds. The van der Waals surface area contributed by atoms with Crippen LogP contribution in [0.1, 0.15) is 107 Å². The summed E-state index contributed by atoms with van der Waals surface area (Å²) in [6.45, 7) is 24.9. The van der Waals surface area contributed by atoms with E-state index >= 15 is 0 Å². The molecule has 4 nitrogen and oxygen atoms in total. The van der Waals surface area contributed by atoms with E-state index in [0.29, 0.717) is 42.3 Å². The van der Waals surface area contributed by atoms with Gasteiger partial charge in [-0.05, 0) is 97.4 Å². The third-order valence-corrected chi connectivity index (χ3v) is 14.0. The van der Waals surface area contributed by atoms with E-state index in [1.54, 1.807) is 22.3 Å². The number of fused-ring (bicyclic) bond motifs is 8. The molecule has 8 bridgehead atoms. The molecule has 12 atom stereocenters. The van der Waals surface area contributed by atoms with Gasteiger partial charge in [-0.15, -0.1) is 0 Å². The summed E-state index contributed by atoms with van der Waals surface area (Å²) in [5.41, 5.74) is 6.72. The van der Waals surface area contributed by atoms with Gasteiger partial charge in [0.1, 0.15) is 0 Å². The van der Waals surface area contributed by atoms with E-state index in [1.165, 1.54) is 51.4 Å². The normalized spacial score (nSPS) is 45.3. The van der Waals surface area contributed by atoms with Gasteiger partial charge in [-0.1, -0.05) is 76.7 Å². The fourth-order valence-corrected chi connectivity index (χ4v) is 12.2. The first-order valence-electron chi connectivity index (χ1n) is 16.8. The van der Waals surface area contributed by atoms with Gasteiger partial charge in [0.2, 0.25) is 0 Å². The van der Waals surface area contributed by atoms with Gasteiger partial charge in [-0.2, -0.15) is 0 Å². The first-order chi connectivity index (χ1) is 18.6. The molecule has 5 heteroatoms. The molecule has 5 aliphatic rings. The molecule has 3 saturated heterocycles. The number of rotatable bonds is 5. The highest BCUT2D eigenvalue weighted by Gasteiger charge is 2.51.